The number of H-pyrrole nitrogens is 1. The zero-order valence-corrected chi connectivity index (χ0v) is 9.49. The molecular weight excluding hydrogens is 218 g/mol. The van der Waals surface area contributed by atoms with Crippen molar-refractivity contribution in [2.24, 2.45) is 0 Å². The highest BCUT2D eigenvalue weighted by Gasteiger charge is 2.16. The number of carboxylic acid groups (broad SMARTS) is 1. The maximum Gasteiger partial charge on any atom is 0.352 e. The second-order valence-electron chi connectivity index (χ2n) is 4.03. The number of carboxylic acids is 1. The predicted octanol–water partition coefficient (Wildman–Crippen LogP) is 2.39. The van der Waals surface area contributed by atoms with Crippen molar-refractivity contribution in [3.63, 3.8) is 0 Å². The van der Waals surface area contributed by atoms with Gasteiger partial charge in [-0.25, -0.2) is 4.79 Å². The first-order chi connectivity index (χ1) is 8.09. The summed E-state index contributed by atoms with van der Waals surface area (Å²) < 4.78 is 0. The molecule has 0 unspecified atom stereocenters. The van der Waals surface area contributed by atoms with Crippen molar-refractivity contribution in [3.05, 3.63) is 35.5 Å². The number of benzene rings is 1. The van der Waals surface area contributed by atoms with E-state index in [1.54, 1.807) is 0 Å². The minimum Gasteiger partial charge on any atom is -0.477 e. The van der Waals surface area contributed by atoms with Crippen LogP contribution in [0.1, 0.15) is 29.4 Å². The fraction of sp³-hybridized carbons (Fsp3) is 0.231. The first kappa shape index (κ1) is 11.4. The molecule has 2 N–H and O–H groups in total. The van der Waals surface area contributed by atoms with Crippen LogP contribution in [0.25, 0.3) is 10.9 Å². The summed E-state index contributed by atoms with van der Waals surface area (Å²) in [6.45, 7) is 1.51. The highest BCUT2D eigenvalue weighted by molar-refractivity contribution is 5.97. The molecular formula is C13H13NO3. The van der Waals surface area contributed by atoms with Gasteiger partial charge < -0.3 is 14.9 Å². The zero-order chi connectivity index (χ0) is 12.4. The summed E-state index contributed by atoms with van der Waals surface area (Å²) in [5.41, 5.74) is 1.69. The number of carbonyl (C=O) groups is 2. The molecule has 0 bridgehead atoms. The van der Waals surface area contributed by atoms with Crippen LogP contribution in [-0.4, -0.2) is 21.8 Å². The molecule has 0 saturated heterocycles. The Morgan fingerprint density at radius 1 is 1.29 bits per heavy atom. The lowest BCUT2D eigenvalue weighted by Gasteiger charge is -1.99. The minimum atomic E-state index is -0.986. The Morgan fingerprint density at radius 2 is 2.00 bits per heavy atom. The van der Waals surface area contributed by atoms with Gasteiger partial charge in [0.2, 0.25) is 0 Å². The van der Waals surface area contributed by atoms with E-state index in [-0.39, 0.29) is 11.5 Å². The molecule has 1 aromatic carbocycles. The molecule has 4 nitrogen and oxygen atoms in total. The Bertz CT molecular complexity index is 583. The second kappa shape index (κ2) is 4.41. The topological polar surface area (TPSA) is 70.2 Å². The summed E-state index contributed by atoms with van der Waals surface area (Å²) in [6, 6.07) is 7.41. The van der Waals surface area contributed by atoms with E-state index in [9.17, 15) is 9.59 Å². The number of rotatable bonds is 4. The van der Waals surface area contributed by atoms with Crippen molar-refractivity contribution in [3.8, 4) is 0 Å². The van der Waals surface area contributed by atoms with Gasteiger partial charge in [-0.1, -0.05) is 18.2 Å². The van der Waals surface area contributed by atoms with Gasteiger partial charge in [-0.2, -0.15) is 0 Å². The van der Waals surface area contributed by atoms with Crippen LogP contribution < -0.4 is 0 Å². The lowest BCUT2D eigenvalue weighted by molar-refractivity contribution is -0.116. The van der Waals surface area contributed by atoms with Crippen molar-refractivity contribution in [2.45, 2.75) is 19.8 Å². The highest BCUT2D eigenvalue weighted by atomic mass is 16.4. The Kier molecular flexibility index (Phi) is 2.95. The smallest absolute Gasteiger partial charge is 0.352 e. The van der Waals surface area contributed by atoms with Crippen molar-refractivity contribution in [1.82, 2.24) is 4.98 Å². The fourth-order valence-electron chi connectivity index (χ4n) is 1.94. The molecule has 2 aromatic rings. The summed E-state index contributed by atoms with van der Waals surface area (Å²) in [6.07, 6.45) is 0.823. The average molecular weight is 231 g/mol. The third-order valence-corrected chi connectivity index (χ3v) is 2.75. The van der Waals surface area contributed by atoms with E-state index in [4.69, 9.17) is 5.11 Å². The number of hydrogen-bond donors (Lipinski definition) is 2. The molecule has 0 aliphatic rings. The van der Waals surface area contributed by atoms with E-state index in [0.717, 1.165) is 10.9 Å². The van der Waals surface area contributed by atoms with Crippen molar-refractivity contribution in [1.29, 1.82) is 0 Å². The lowest BCUT2D eigenvalue weighted by Crippen LogP contribution is -2.03. The third-order valence-electron chi connectivity index (χ3n) is 2.75. The summed E-state index contributed by atoms with van der Waals surface area (Å²) >= 11 is 0. The molecule has 0 aliphatic carbocycles. The zero-order valence-electron chi connectivity index (χ0n) is 9.49. The summed E-state index contributed by atoms with van der Waals surface area (Å²) in [5, 5.41) is 10.00. The monoisotopic (exact) mass is 231 g/mol. The second-order valence-corrected chi connectivity index (χ2v) is 4.03. The summed E-state index contributed by atoms with van der Waals surface area (Å²) in [7, 11) is 0. The van der Waals surface area contributed by atoms with Crippen LogP contribution in [0.2, 0.25) is 0 Å². The molecule has 17 heavy (non-hydrogen) atoms. The maximum atomic E-state index is 11.1. The van der Waals surface area contributed by atoms with Gasteiger partial charge in [0.1, 0.15) is 11.5 Å². The number of fused-ring (bicyclic) bond motifs is 1. The molecule has 0 spiro atoms. The molecule has 1 aromatic heterocycles. The van der Waals surface area contributed by atoms with Gasteiger partial charge in [-0.15, -0.1) is 0 Å². The molecule has 0 amide bonds. The van der Waals surface area contributed by atoms with Crippen LogP contribution in [0.15, 0.2) is 24.3 Å². The van der Waals surface area contributed by atoms with Crippen LogP contribution in [0, 0.1) is 0 Å². The van der Waals surface area contributed by atoms with Crippen LogP contribution >= 0.6 is 0 Å². The van der Waals surface area contributed by atoms with E-state index in [1.165, 1.54) is 6.92 Å². The van der Waals surface area contributed by atoms with Gasteiger partial charge in [0.15, 0.2) is 0 Å². The molecule has 2 rings (SSSR count). The van der Waals surface area contributed by atoms with Gasteiger partial charge >= 0.3 is 5.97 Å². The molecule has 0 radical (unpaired) electrons. The number of aromatic nitrogens is 1. The van der Waals surface area contributed by atoms with Gasteiger partial charge in [-0.05, 0) is 25.0 Å². The molecule has 88 valence electrons. The molecule has 1 heterocycles. The third kappa shape index (κ3) is 2.20. The van der Waals surface area contributed by atoms with Crippen LogP contribution in [0.4, 0.5) is 0 Å². The van der Waals surface area contributed by atoms with Gasteiger partial charge in [0, 0.05) is 17.3 Å². The highest BCUT2D eigenvalue weighted by Crippen LogP contribution is 2.23. The van der Waals surface area contributed by atoms with Gasteiger partial charge in [-0.3, -0.25) is 0 Å². The molecule has 0 aliphatic heterocycles. The normalized spacial score (nSPS) is 10.6. The van der Waals surface area contributed by atoms with E-state index in [1.807, 2.05) is 24.3 Å². The van der Waals surface area contributed by atoms with Gasteiger partial charge in [0.05, 0.1) is 0 Å². The molecule has 0 fully saturated rings. The van der Waals surface area contributed by atoms with Crippen LogP contribution in [-0.2, 0) is 11.2 Å². The molecule has 0 atom stereocenters. The number of Topliss-reactive ketones (excluding diaryl/α,β-unsaturated/α-hetero) is 1. The SMILES string of the molecule is CC(=O)CCc1c(C(=O)O)[nH]c2ccccc12. The Hall–Kier alpha value is -2.10. The van der Waals surface area contributed by atoms with Crippen LogP contribution in [0.3, 0.4) is 0 Å². The quantitative estimate of drug-likeness (QED) is 0.848. The number of hydrogen-bond acceptors (Lipinski definition) is 2. The van der Waals surface area contributed by atoms with E-state index in [2.05, 4.69) is 4.98 Å². The first-order valence-corrected chi connectivity index (χ1v) is 5.42. The average Bonchev–Trinajstić information content (AvgIpc) is 2.65. The Labute approximate surface area is 98.3 Å². The maximum absolute atomic E-state index is 11.1. The Balaban J connectivity index is 2.51. The number of para-hydroxylation sites is 1. The van der Waals surface area contributed by atoms with E-state index in [0.29, 0.717) is 18.4 Å². The summed E-state index contributed by atoms with van der Waals surface area (Å²) in [4.78, 5) is 25.0. The largest absolute Gasteiger partial charge is 0.477 e. The standard InChI is InChI=1S/C13H13NO3/c1-8(15)6-7-10-9-4-2-3-5-11(9)14-12(10)13(16)17/h2-5,14H,6-7H2,1H3,(H,16,17). The number of carbonyl (C=O) groups excluding carboxylic acids is 1. The first-order valence-electron chi connectivity index (χ1n) is 5.42. The van der Waals surface area contributed by atoms with Gasteiger partial charge in [0.25, 0.3) is 0 Å². The summed E-state index contributed by atoms with van der Waals surface area (Å²) in [5.74, 6) is -0.925. The molecule has 0 saturated carbocycles. The van der Waals surface area contributed by atoms with Crippen molar-refractivity contribution in [2.75, 3.05) is 0 Å². The van der Waals surface area contributed by atoms with Crippen LogP contribution in [0.5, 0.6) is 0 Å². The predicted molar refractivity (Wildman–Crippen MR) is 64.3 cm³/mol. The van der Waals surface area contributed by atoms with Crippen molar-refractivity contribution < 1.29 is 14.7 Å². The fourth-order valence-corrected chi connectivity index (χ4v) is 1.94. The lowest BCUT2D eigenvalue weighted by atomic mass is 10.0. The number of nitrogens with one attached hydrogen (secondary N) is 1. The number of ketones is 1. The number of aryl methyl sites for hydroxylation is 1. The molecule has 4 heteroatoms. The Morgan fingerprint density at radius 3 is 2.65 bits per heavy atom. The van der Waals surface area contributed by atoms with E-state index < -0.39 is 5.97 Å². The minimum absolute atomic E-state index is 0.0617. The van der Waals surface area contributed by atoms with Crippen molar-refractivity contribution >= 4 is 22.7 Å². The van der Waals surface area contributed by atoms with E-state index >= 15 is 0 Å². The number of aromatic amines is 1. The number of aromatic carboxylic acids is 1.